The molecule has 0 bridgehead atoms. The van der Waals surface area contributed by atoms with Crippen molar-refractivity contribution in [3.8, 4) is 11.1 Å². The molecule has 34 heavy (non-hydrogen) atoms. The van der Waals surface area contributed by atoms with Gasteiger partial charge in [-0.05, 0) is 65.5 Å². The van der Waals surface area contributed by atoms with E-state index in [1.54, 1.807) is 6.07 Å². The molecule has 1 aliphatic heterocycles. The van der Waals surface area contributed by atoms with Crippen LogP contribution in [0.5, 0.6) is 0 Å². The van der Waals surface area contributed by atoms with Gasteiger partial charge in [0.2, 0.25) is 10.0 Å². The van der Waals surface area contributed by atoms with Gasteiger partial charge >= 0.3 is 12.1 Å². The average Bonchev–Trinajstić information content (AvgIpc) is 2.76. The molecule has 186 valence electrons. The zero-order valence-corrected chi connectivity index (χ0v) is 20.3. The van der Waals surface area contributed by atoms with Gasteiger partial charge in [0.1, 0.15) is 0 Å². The first kappa shape index (κ1) is 26.2. The van der Waals surface area contributed by atoms with Crippen LogP contribution in [0.3, 0.4) is 0 Å². The maximum atomic E-state index is 13.0. The van der Waals surface area contributed by atoms with E-state index in [0.29, 0.717) is 36.1 Å². The number of carbonyl (C=O) groups is 1. The molecule has 1 saturated heterocycles. The number of aliphatic carboxylic acids is 1. The lowest BCUT2D eigenvalue weighted by Crippen LogP contribution is -2.38. The number of rotatable bonds is 7. The van der Waals surface area contributed by atoms with Crippen LogP contribution in [0.2, 0.25) is 0 Å². The number of hydrogen-bond donors (Lipinski definition) is 1. The molecule has 2 unspecified atom stereocenters. The van der Waals surface area contributed by atoms with E-state index in [4.69, 9.17) is 0 Å². The predicted octanol–water partition coefficient (Wildman–Crippen LogP) is 5.73. The number of piperidine rings is 1. The van der Waals surface area contributed by atoms with Crippen LogP contribution in [0.4, 0.5) is 13.2 Å². The summed E-state index contributed by atoms with van der Waals surface area (Å²) >= 11 is 0. The molecule has 2 aromatic rings. The molecule has 5 nitrogen and oxygen atoms in total. The molecule has 0 spiro atoms. The summed E-state index contributed by atoms with van der Waals surface area (Å²) in [6.07, 6.45) is -1.46. The summed E-state index contributed by atoms with van der Waals surface area (Å²) in [6.45, 7) is 4.59. The second-order valence-electron chi connectivity index (χ2n) is 9.44. The van der Waals surface area contributed by atoms with Gasteiger partial charge in [0.15, 0.2) is 0 Å². The molecule has 2 aromatic carbocycles. The van der Waals surface area contributed by atoms with Crippen molar-refractivity contribution in [1.82, 2.24) is 4.31 Å². The van der Waals surface area contributed by atoms with Crippen LogP contribution in [0, 0.1) is 5.92 Å². The summed E-state index contributed by atoms with van der Waals surface area (Å²) in [4.78, 5) is 12.1. The predicted molar refractivity (Wildman–Crippen MR) is 125 cm³/mol. The van der Waals surface area contributed by atoms with Crippen molar-refractivity contribution in [3.05, 3.63) is 59.2 Å². The van der Waals surface area contributed by atoms with Crippen LogP contribution >= 0.6 is 0 Å². The molecule has 0 aliphatic carbocycles. The van der Waals surface area contributed by atoms with E-state index >= 15 is 0 Å². The fourth-order valence-corrected chi connectivity index (χ4v) is 5.41. The fraction of sp³-hybridized carbons (Fsp3) is 0.480. The minimum atomic E-state index is -4.45. The minimum absolute atomic E-state index is 0.120. The quantitative estimate of drug-likeness (QED) is 0.531. The Morgan fingerprint density at radius 1 is 1.12 bits per heavy atom. The molecule has 1 N–H and O–H groups in total. The van der Waals surface area contributed by atoms with E-state index in [0.717, 1.165) is 24.1 Å². The molecular weight excluding hydrogens is 467 g/mol. The first-order valence-corrected chi connectivity index (χ1v) is 13.1. The van der Waals surface area contributed by atoms with Crippen molar-refractivity contribution in [1.29, 1.82) is 0 Å². The van der Waals surface area contributed by atoms with Crippen LogP contribution < -0.4 is 0 Å². The zero-order chi connectivity index (χ0) is 25.3. The first-order chi connectivity index (χ1) is 15.8. The van der Waals surface area contributed by atoms with E-state index in [9.17, 15) is 31.5 Å². The second kappa shape index (κ2) is 10.1. The third-order valence-electron chi connectivity index (χ3n) is 6.26. The van der Waals surface area contributed by atoms with Crippen LogP contribution in [0.1, 0.15) is 61.6 Å². The van der Waals surface area contributed by atoms with Crippen LogP contribution in [-0.2, 0) is 21.0 Å². The SMILES string of the molecule is CC(C)CC(C(=O)O)c1cc(-c2ccc(C(F)(F)F)cc2)cc(C2CCCN(S(C)(=O)=O)C2)c1. The van der Waals surface area contributed by atoms with Crippen LogP contribution in [0.15, 0.2) is 42.5 Å². The van der Waals surface area contributed by atoms with Crippen molar-refractivity contribution in [2.45, 2.75) is 51.1 Å². The molecule has 9 heteroatoms. The topological polar surface area (TPSA) is 74.7 Å². The largest absolute Gasteiger partial charge is 0.481 e. The van der Waals surface area contributed by atoms with Gasteiger partial charge in [0.25, 0.3) is 0 Å². The molecule has 0 aromatic heterocycles. The number of halogens is 3. The first-order valence-electron chi connectivity index (χ1n) is 11.3. The third kappa shape index (κ3) is 6.39. The Bertz CT molecular complexity index is 1130. The summed E-state index contributed by atoms with van der Waals surface area (Å²) in [5.74, 6) is -1.76. The van der Waals surface area contributed by atoms with Crippen LogP contribution in [-0.4, -0.2) is 43.1 Å². The Morgan fingerprint density at radius 2 is 1.76 bits per heavy atom. The molecule has 1 fully saturated rings. The molecule has 1 aliphatic rings. The molecular formula is C25H30F3NO4S. The van der Waals surface area contributed by atoms with Gasteiger partial charge in [-0.15, -0.1) is 0 Å². The van der Waals surface area contributed by atoms with Gasteiger partial charge in [-0.25, -0.2) is 12.7 Å². The Hall–Kier alpha value is -2.39. The number of carboxylic acid groups (broad SMARTS) is 1. The van der Waals surface area contributed by atoms with Gasteiger partial charge in [0, 0.05) is 13.1 Å². The Kier molecular flexibility index (Phi) is 7.77. The number of carboxylic acids is 1. The third-order valence-corrected chi connectivity index (χ3v) is 7.53. The lowest BCUT2D eigenvalue weighted by molar-refractivity contribution is -0.139. The minimum Gasteiger partial charge on any atom is -0.481 e. The Labute approximate surface area is 198 Å². The van der Waals surface area contributed by atoms with Crippen molar-refractivity contribution in [2.24, 2.45) is 5.92 Å². The lowest BCUT2D eigenvalue weighted by atomic mass is 9.83. The highest BCUT2D eigenvalue weighted by Crippen LogP contribution is 2.37. The van der Waals surface area contributed by atoms with E-state index in [1.807, 2.05) is 26.0 Å². The van der Waals surface area contributed by atoms with E-state index in [2.05, 4.69) is 0 Å². The smallest absolute Gasteiger partial charge is 0.416 e. The van der Waals surface area contributed by atoms with E-state index in [-0.39, 0.29) is 18.4 Å². The van der Waals surface area contributed by atoms with Gasteiger partial charge in [-0.2, -0.15) is 13.2 Å². The number of benzene rings is 2. The van der Waals surface area contributed by atoms with Gasteiger partial charge in [-0.3, -0.25) is 4.79 Å². The summed E-state index contributed by atoms with van der Waals surface area (Å²) in [7, 11) is -3.37. The summed E-state index contributed by atoms with van der Waals surface area (Å²) in [5.41, 5.74) is 1.78. The number of hydrogen-bond acceptors (Lipinski definition) is 3. The van der Waals surface area contributed by atoms with Crippen molar-refractivity contribution >= 4 is 16.0 Å². The van der Waals surface area contributed by atoms with Crippen molar-refractivity contribution < 1.29 is 31.5 Å². The van der Waals surface area contributed by atoms with Crippen molar-refractivity contribution in [2.75, 3.05) is 19.3 Å². The van der Waals surface area contributed by atoms with Crippen molar-refractivity contribution in [3.63, 3.8) is 0 Å². The molecule has 0 radical (unpaired) electrons. The van der Waals surface area contributed by atoms with Crippen LogP contribution in [0.25, 0.3) is 11.1 Å². The lowest BCUT2D eigenvalue weighted by Gasteiger charge is -2.32. The number of sulfonamides is 1. The fourth-order valence-electron chi connectivity index (χ4n) is 4.50. The molecule has 0 saturated carbocycles. The average molecular weight is 498 g/mol. The summed E-state index contributed by atoms with van der Waals surface area (Å²) in [6, 6.07) is 10.2. The van der Waals surface area contributed by atoms with E-state index < -0.39 is 33.7 Å². The number of nitrogens with zero attached hydrogens (tertiary/aromatic N) is 1. The summed E-state index contributed by atoms with van der Waals surface area (Å²) in [5, 5.41) is 9.90. The normalized spacial score (nSPS) is 18.7. The highest BCUT2D eigenvalue weighted by Gasteiger charge is 2.31. The Balaban J connectivity index is 2.09. The molecule has 0 amide bonds. The molecule has 3 rings (SSSR count). The highest BCUT2D eigenvalue weighted by molar-refractivity contribution is 7.88. The second-order valence-corrected chi connectivity index (χ2v) is 11.4. The maximum absolute atomic E-state index is 13.0. The number of alkyl halides is 3. The van der Waals surface area contributed by atoms with Gasteiger partial charge < -0.3 is 5.11 Å². The highest BCUT2D eigenvalue weighted by atomic mass is 32.2. The Morgan fingerprint density at radius 3 is 2.29 bits per heavy atom. The van der Waals surface area contributed by atoms with Gasteiger partial charge in [-0.1, -0.05) is 44.2 Å². The van der Waals surface area contributed by atoms with E-state index in [1.165, 1.54) is 22.7 Å². The molecule has 1 heterocycles. The standard InChI is InChI=1S/C25H30F3NO4S/c1-16(2)11-23(24(30)31)21-13-19(17-6-8-22(9-7-17)25(26,27)28)12-20(14-21)18-5-4-10-29(15-18)34(3,32)33/h6-9,12-14,16,18,23H,4-5,10-11,15H2,1-3H3,(H,30,31). The summed E-state index contributed by atoms with van der Waals surface area (Å²) < 4.78 is 64.7. The molecule has 2 atom stereocenters. The van der Waals surface area contributed by atoms with Gasteiger partial charge in [0.05, 0.1) is 17.7 Å². The zero-order valence-electron chi connectivity index (χ0n) is 19.5. The monoisotopic (exact) mass is 497 g/mol. The maximum Gasteiger partial charge on any atom is 0.416 e.